The van der Waals surface area contributed by atoms with Crippen LogP contribution >= 0.6 is 11.3 Å². The molecule has 0 unspecified atom stereocenters. The first-order valence-corrected chi connectivity index (χ1v) is 12.0. The number of hydrogen-bond donors (Lipinski definition) is 2. The second kappa shape index (κ2) is 8.73. The Hall–Kier alpha value is -3.21. The van der Waals surface area contributed by atoms with Crippen molar-refractivity contribution in [3.05, 3.63) is 86.2 Å². The Morgan fingerprint density at radius 2 is 1.81 bits per heavy atom. The maximum absolute atomic E-state index is 13.0. The molecule has 10 heteroatoms. The zero-order valence-electron chi connectivity index (χ0n) is 17.4. The summed E-state index contributed by atoms with van der Waals surface area (Å²) in [6, 6.07) is 15.8. The number of oxazole rings is 1. The van der Waals surface area contributed by atoms with Gasteiger partial charge in [0.05, 0.1) is 22.0 Å². The molecule has 0 saturated heterocycles. The second-order valence-electron chi connectivity index (χ2n) is 7.26. The van der Waals surface area contributed by atoms with Gasteiger partial charge in [-0.2, -0.15) is 4.31 Å². The molecule has 32 heavy (non-hydrogen) atoms. The van der Waals surface area contributed by atoms with Crippen LogP contribution in [0.4, 0.5) is 0 Å². The lowest BCUT2D eigenvalue weighted by atomic mass is 10.1. The number of benzene rings is 2. The summed E-state index contributed by atoms with van der Waals surface area (Å²) in [5.74, 6) is 0.851. The summed E-state index contributed by atoms with van der Waals surface area (Å²) >= 11 is 0.923. The number of aromatic amines is 1. The number of aromatic hydroxyl groups is 1. The standard InChI is InChI=1S/C22H21N3O5S2/c1-14-18(23-21(30-14)16-6-4-3-5-7-16)13-25(2)32(28,29)17-10-8-15(9-11-17)12-19-20(26)24-22(27)31-19/h3-11,26H,12-13H2,1-2H3,(H,24,27). The number of sulfonamides is 1. The van der Waals surface area contributed by atoms with E-state index >= 15 is 0 Å². The second-order valence-corrected chi connectivity index (χ2v) is 10.4. The van der Waals surface area contributed by atoms with Gasteiger partial charge in [-0.3, -0.25) is 9.78 Å². The Balaban J connectivity index is 1.50. The van der Waals surface area contributed by atoms with Crippen LogP contribution in [0, 0.1) is 6.92 Å². The van der Waals surface area contributed by atoms with Crippen molar-refractivity contribution in [2.24, 2.45) is 0 Å². The molecular formula is C22H21N3O5S2. The number of aromatic nitrogens is 2. The molecule has 0 radical (unpaired) electrons. The highest BCUT2D eigenvalue weighted by Gasteiger charge is 2.23. The van der Waals surface area contributed by atoms with Gasteiger partial charge in [0.15, 0.2) is 0 Å². The van der Waals surface area contributed by atoms with E-state index in [2.05, 4.69) is 9.97 Å². The van der Waals surface area contributed by atoms with Crippen molar-refractivity contribution in [2.45, 2.75) is 24.8 Å². The number of hydrogen-bond acceptors (Lipinski definition) is 7. The van der Waals surface area contributed by atoms with E-state index in [4.69, 9.17) is 4.42 Å². The summed E-state index contributed by atoms with van der Waals surface area (Å²) < 4.78 is 33.0. The first-order valence-electron chi connectivity index (χ1n) is 9.72. The molecule has 8 nitrogen and oxygen atoms in total. The number of nitrogens with one attached hydrogen (secondary N) is 1. The summed E-state index contributed by atoms with van der Waals surface area (Å²) in [7, 11) is -2.26. The van der Waals surface area contributed by atoms with Gasteiger partial charge in [-0.25, -0.2) is 13.4 Å². The van der Waals surface area contributed by atoms with Crippen molar-refractivity contribution < 1.29 is 17.9 Å². The molecule has 0 amide bonds. The van der Waals surface area contributed by atoms with E-state index in [0.29, 0.717) is 28.6 Å². The molecule has 166 valence electrons. The lowest BCUT2D eigenvalue weighted by molar-refractivity contribution is 0.451. The Bertz CT molecular complexity index is 1390. The number of aryl methyl sites for hydroxylation is 1. The summed E-state index contributed by atoms with van der Waals surface area (Å²) in [5.41, 5.74) is 2.14. The number of H-pyrrole nitrogens is 1. The topological polar surface area (TPSA) is 117 Å². The smallest absolute Gasteiger partial charge is 0.307 e. The molecular weight excluding hydrogens is 450 g/mol. The number of rotatable bonds is 7. The summed E-state index contributed by atoms with van der Waals surface area (Å²) in [6.45, 7) is 1.83. The maximum Gasteiger partial charge on any atom is 0.307 e. The molecule has 2 heterocycles. The van der Waals surface area contributed by atoms with Gasteiger partial charge in [0.2, 0.25) is 21.8 Å². The zero-order valence-corrected chi connectivity index (χ0v) is 19.0. The van der Waals surface area contributed by atoms with Crippen molar-refractivity contribution in [1.82, 2.24) is 14.3 Å². The van der Waals surface area contributed by atoms with Crippen molar-refractivity contribution in [3.8, 4) is 17.3 Å². The van der Waals surface area contributed by atoms with Gasteiger partial charge in [-0.15, -0.1) is 0 Å². The molecule has 0 fully saturated rings. The van der Waals surface area contributed by atoms with Gasteiger partial charge < -0.3 is 9.52 Å². The molecule has 0 spiro atoms. The first-order chi connectivity index (χ1) is 15.2. The zero-order chi connectivity index (χ0) is 22.9. The molecule has 0 aliphatic carbocycles. The molecule has 0 aliphatic heterocycles. The summed E-state index contributed by atoms with van der Waals surface area (Å²) in [4.78, 5) is 18.4. The Morgan fingerprint density at radius 3 is 2.44 bits per heavy atom. The van der Waals surface area contributed by atoms with Crippen LogP contribution in [0.15, 0.2) is 68.7 Å². The fourth-order valence-electron chi connectivity index (χ4n) is 3.19. The van der Waals surface area contributed by atoms with Crippen LogP contribution < -0.4 is 4.87 Å². The number of thiazole rings is 1. The van der Waals surface area contributed by atoms with Gasteiger partial charge in [0.1, 0.15) is 5.76 Å². The Morgan fingerprint density at radius 1 is 1.12 bits per heavy atom. The molecule has 2 N–H and O–H groups in total. The predicted molar refractivity (Wildman–Crippen MR) is 121 cm³/mol. The van der Waals surface area contributed by atoms with E-state index in [1.54, 1.807) is 19.1 Å². The third kappa shape index (κ3) is 4.52. The van der Waals surface area contributed by atoms with Gasteiger partial charge >= 0.3 is 4.87 Å². The van der Waals surface area contributed by atoms with E-state index < -0.39 is 10.0 Å². The third-order valence-corrected chi connectivity index (χ3v) is 7.67. The molecule has 4 rings (SSSR count). The molecule has 4 aromatic rings. The highest BCUT2D eigenvalue weighted by Crippen LogP contribution is 2.25. The van der Waals surface area contributed by atoms with Crippen LogP contribution in [0.2, 0.25) is 0 Å². The van der Waals surface area contributed by atoms with Gasteiger partial charge in [-0.1, -0.05) is 41.7 Å². The summed E-state index contributed by atoms with van der Waals surface area (Å²) in [5, 5.41) is 9.73. The SMILES string of the molecule is Cc1oc(-c2ccccc2)nc1CN(C)S(=O)(=O)c1ccc(Cc2sc(=O)[nH]c2O)cc1. The molecule has 0 bridgehead atoms. The van der Waals surface area contributed by atoms with Gasteiger partial charge in [0.25, 0.3) is 0 Å². The lowest BCUT2D eigenvalue weighted by Gasteiger charge is -2.16. The average Bonchev–Trinajstić information content (AvgIpc) is 3.29. The molecule has 0 atom stereocenters. The molecule has 0 aliphatic rings. The fraction of sp³-hybridized carbons (Fsp3) is 0.182. The Kier molecular flexibility index (Phi) is 6.00. The Labute approximate surface area is 188 Å². The maximum atomic E-state index is 13.0. The highest BCUT2D eigenvalue weighted by molar-refractivity contribution is 7.89. The molecule has 2 aromatic carbocycles. The minimum atomic E-state index is -3.75. The van der Waals surface area contributed by atoms with E-state index in [1.807, 2.05) is 30.3 Å². The first kappa shape index (κ1) is 22.0. The van der Waals surface area contributed by atoms with Gasteiger partial charge in [-0.05, 0) is 36.8 Å². The molecule has 2 aromatic heterocycles. The minimum Gasteiger partial charge on any atom is -0.494 e. The average molecular weight is 472 g/mol. The fourth-order valence-corrected chi connectivity index (χ4v) is 5.08. The monoisotopic (exact) mass is 471 g/mol. The normalized spacial score (nSPS) is 11.8. The van der Waals surface area contributed by atoms with Crippen molar-refractivity contribution >= 4 is 21.4 Å². The van der Waals surface area contributed by atoms with Crippen LogP contribution in [-0.2, 0) is 23.0 Å². The minimum absolute atomic E-state index is 0.0669. The van der Waals surface area contributed by atoms with Crippen molar-refractivity contribution in [3.63, 3.8) is 0 Å². The third-order valence-electron chi connectivity index (χ3n) is 4.98. The van der Waals surface area contributed by atoms with E-state index in [-0.39, 0.29) is 22.2 Å². The highest BCUT2D eigenvalue weighted by atomic mass is 32.2. The largest absolute Gasteiger partial charge is 0.494 e. The quantitative estimate of drug-likeness (QED) is 0.426. The van der Waals surface area contributed by atoms with Crippen LogP contribution in [0.1, 0.15) is 21.9 Å². The number of nitrogens with zero attached hydrogens (tertiary/aromatic N) is 2. The van der Waals surface area contributed by atoms with E-state index in [9.17, 15) is 18.3 Å². The lowest BCUT2D eigenvalue weighted by Crippen LogP contribution is -2.27. The van der Waals surface area contributed by atoms with Crippen molar-refractivity contribution in [1.29, 1.82) is 0 Å². The predicted octanol–water partition coefficient (Wildman–Crippen LogP) is 3.52. The van der Waals surface area contributed by atoms with E-state index in [0.717, 1.165) is 22.5 Å². The van der Waals surface area contributed by atoms with Gasteiger partial charge in [0, 0.05) is 19.0 Å². The summed E-state index contributed by atoms with van der Waals surface area (Å²) in [6.07, 6.45) is 0.325. The van der Waals surface area contributed by atoms with Crippen LogP contribution in [0.5, 0.6) is 5.88 Å². The van der Waals surface area contributed by atoms with E-state index in [1.165, 1.54) is 23.5 Å². The molecule has 0 saturated carbocycles. The van der Waals surface area contributed by atoms with Crippen molar-refractivity contribution in [2.75, 3.05) is 7.05 Å². The van der Waals surface area contributed by atoms with Crippen LogP contribution in [0.3, 0.4) is 0 Å². The van der Waals surface area contributed by atoms with Crippen LogP contribution in [-0.4, -0.2) is 34.8 Å². The van der Waals surface area contributed by atoms with Crippen LogP contribution in [0.25, 0.3) is 11.5 Å².